The summed E-state index contributed by atoms with van der Waals surface area (Å²) in [5.41, 5.74) is 8.05. The third-order valence-corrected chi connectivity index (χ3v) is 4.67. The van der Waals surface area contributed by atoms with Gasteiger partial charge in [0.2, 0.25) is 5.91 Å². The monoisotopic (exact) mass is 303 g/mol. The molecular formula is C18H29N3O. The van der Waals surface area contributed by atoms with Gasteiger partial charge in [-0.15, -0.1) is 0 Å². The predicted molar refractivity (Wildman–Crippen MR) is 91.6 cm³/mol. The molecule has 122 valence electrons. The molecule has 22 heavy (non-hydrogen) atoms. The zero-order valence-corrected chi connectivity index (χ0v) is 13.7. The molecule has 4 heteroatoms. The summed E-state index contributed by atoms with van der Waals surface area (Å²) in [6, 6.07) is 8.04. The van der Waals surface area contributed by atoms with Crippen molar-refractivity contribution in [3.63, 3.8) is 0 Å². The molecule has 1 fully saturated rings. The molecule has 1 aromatic carbocycles. The highest BCUT2D eigenvalue weighted by molar-refractivity contribution is 5.91. The van der Waals surface area contributed by atoms with E-state index in [1.165, 1.54) is 24.8 Å². The zero-order chi connectivity index (χ0) is 15.8. The minimum absolute atomic E-state index is 0.0176. The molecule has 0 saturated heterocycles. The number of hydrogen-bond donors (Lipinski definition) is 3. The van der Waals surface area contributed by atoms with E-state index < -0.39 is 0 Å². The van der Waals surface area contributed by atoms with E-state index in [9.17, 15) is 4.79 Å². The Morgan fingerprint density at radius 2 is 2.05 bits per heavy atom. The summed E-state index contributed by atoms with van der Waals surface area (Å²) < 4.78 is 0. The van der Waals surface area contributed by atoms with E-state index in [0.29, 0.717) is 13.0 Å². The molecule has 0 aliphatic heterocycles. The Labute approximate surface area is 133 Å². The Kier molecular flexibility index (Phi) is 6.40. The number of anilines is 1. The summed E-state index contributed by atoms with van der Waals surface area (Å²) in [6.07, 6.45) is 6.37. The molecule has 0 aromatic heterocycles. The highest BCUT2D eigenvalue weighted by Crippen LogP contribution is 2.38. The number of nitrogens with one attached hydrogen (secondary N) is 2. The Bertz CT molecular complexity index is 481. The quantitative estimate of drug-likeness (QED) is 0.725. The molecule has 1 aromatic rings. The van der Waals surface area contributed by atoms with Gasteiger partial charge in [0, 0.05) is 18.7 Å². The van der Waals surface area contributed by atoms with Crippen LogP contribution >= 0.6 is 0 Å². The normalized spacial score (nSPS) is 17.2. The van der Waals surface area contributed by atoms with Gasteiger partial charge in [0.25, 0.3) is 0 Å². The number of benzene rings is 1. The minimum Gasteiger partial charge on any atom is -0.330 e. The van der Waals surface area contributed by atoms with Gasteiger partial charge in [-0.3, -0.25) is 4.79 Å². The average Bonchev–Trinajstić information content (AvgIpc) is 2.54. The van der Waals surface area contributed by atoms with Crippen molar-refractivity contribution in [3.8, 4) is 0 Å². The number of amides is 1. The molecule has 0 unspecified atom stereocenters. The van der Waals surface area contributed by atoms with E-state index >= 15 is 0 Å². The van der Waals surface area contributed by atoms with Crippen LogP contribution in [0.25, 0.3) is 0 Å². The lowest BCUT2D eigenvalue weighted by atomic mass is 9.71. The fourth-order valence-electron chi connectivity index (χ4n) is 3.33. The van der Waals surface area contributed by atoms with Crippen LogP contribution < -0.4 is 16.4 Å². The summed E-state index contributed by atoms with van der Waals surface area (Å²) in [5.74, 6) is 0.0907. The number of rotatable bonds is 7. The molecule has 0 spiro atoms. The molecule has 1 aliphatic carbocycles. The summed E-state index contributed by atoms with van der Waals surface area (Å²) in [6.45, 7) is 4.46. The second-order valence-corrected chi connectivity index (χ2v) is 6.47. The van der Waals surface area contributed by atoms with Gasteiger partial charge >= 0.3 is 0 Å². The highest BCUT2D eigenvalue weighted by atomic mass is 16.1. The molecule has 1 amide bonds. The number of carbonyl (C=O) groups is 1. The maximum Gasteiger partial charge on any atom is 0.224 e. The molecule has 0 bridgehead atoms. The van der Waals surface area contributed by atoms with Gasteiger partial charge in [-0.05, 0) is 49.0 Å². The first-order chi connectivity index (χ1) is 10.7. The van der Waals surface area contributed by atoms with Gasteiger partial charge in [-0.25, -0.2) is 0 Å². The van der Waals surface area contributed by atoms with E-state index in [4.69, 9.17) is 5.73 Å². The SMILES string of the molecule is CCNCc1cccc(NC(=O)CC2(CN)CCCCC2)c1. The molecule has 0 atom stereocenters. The molecule has 1 saturated carbocycles. The van der Waals surface area contributed by atoms with Gasteiger partial charge in [-0.2, -0.15) is 0 Å². The van der Waals surface area contributed by atoms with E-state index in [1.807, 2.05) is 18.2 Å². The second-order valence-electron chi connectivity index (χ2n) is 6.47. The van der Waals surface area contributed by atoms with Crippen LogP contribution in [0.5, 0.6) is 0 Å². The van der Waals surface area contributed by atoms with Crippen LogP contribution in [0, 0.1) is 5.41 Å². The molecular weight excluding hydrogens is 274 g/mol. The molecule has 4 nitrogen and oxygen atoms in total. The van der Waals surface area contributed by atoms with Gasteiger partial charge in [-0.1, -0.05) is 38.3 Å². The first-order valence-corrected chi connectivity index (χ1v) is 8.47. The van der Waals surface area contributed by atoms with E-state index in [-0.39, 0.29) is 11.3 Å². The standard InChI is InChI=1S/C18H29N3O/c1-2-20-13-15-7-6-8-16(11-15)21-17(22)12-18(14-19)9-4-3-5-10-18/h6-8,11,20H,2-5,9-10,12-14,19H2,1H3,(H,21,22). The number of hydrogen-bond acceptors (Lipinski definition) is 3. The molecule has 0 radical (unpaired) electrons. The highest BCUT2D eigenvalue weighted by Gasteiger charge is 2.32. The van der Waals surface area contributed by atoms with Crippen molar-refractivity contribution in [1.29, 1.82) is 0 Å². The first-order valence-electron chi connectivity index (χ1n) is 8.47. The lowest BCUT2D eigenvalue weighted by Crippen LogP contribution is -2.36. The van der Waals surface area contributed by atoms with Gasteiger partial charge in [0.1, 0.15) is 0 Å². The van der Waals surface area contributed by atoms with E-state index in [2.05, 4.69) is 23.6 Å². The largest absolute Gasteiger partial charge is 0.330 e. The fourth-order valence-corrected chi connectivity index (χ4v) is 3.33. The van der Waals surface area contributed by atoms with Crippen LogP contribution in [0.15, 0.2) is 24.3 Å². The van der Waals surface area contributed by atoms with Crippen LogP contribution in [0.3, 0.4) is 0 Å². The summed E-state index contributed by atoms with van der Waals surface area (Å²) >= 11 is 0. The minimum atomic E-state index is 0.0176. The van der Waals surface area contributed by atoms with Gasteiger partial charge in [0.15, 0.2) is 0 Å². The van der Waals surface area contributed by atoms with Crippen molar-refractivity contribution in [3.05, 3.63) is 29.8 Å². The smallest absolute Gasteiger partial charge is 0.224 e. The summed E-state index contributed by atoms with van der Waals surface area (Å²) in [5, 5.41) is 6.34. The zero-order valence-electron chi connectivity index (χ0n) is 13.7. The van der Waals surface area contributed by atoms with Crippen molar-refractivity contribution < 1.29 is 4.79 Å². The van der Waals surface area contributed by atoms with E-state index in [1.54, 1.807) is 0 Å². The summed E-state index contributed by atoms with van der Waals surface area (Å²) in [4.78, 5) is 12.4. The van der Waals surface area contributed by atoms with Crippen LogP contribution in [0.4, 0.5) is 5.69 Å². The van der Waals surface area contributed by atoms with E-state index in [0.717, 1.165) is 31.6 Å². The van der Waals surface area contributed by atoms with Gasteiger partial charge < -0.3 is 16.4 Å². The molecule has 4 N–H and O–H groups in total. The maximum absolute atomic E-state index is 12.4. The Morgan fingerprint density at radius 3 is 2.73 bits per heavy atom. The number of nitrogens with two attached hydrogens (primary N) is 1. The maximum atomic E-state index is 12.4. The first kappa shape index (κ1) is 17.0. The van der Waals surface area contributed by atoms with Crippen LogP contribution in [-0.2, 0) is 11.3 Å². The average molecular weight is 303 g/mol. The Balaban J connectivity index is 1.93. The lowest BCUT2D eigenvalue weighted by molar-refractivity contribution is -0.118. The predicted octanol–water partition coefficient (Wildman–Crippen LogP) is 3.03. The Hall–Kier alpha value is -1.39. The third-order valence-electron chi connectivity index (χ3n) is 4.67. The van der Waals surface area contributed by atoms with Crippen LogP contribution in [0.2, 0.25) is 0 Å². The van der Waals surface area contributed by atoms with Crippen molar-refractivity contribution in [1.82, 2.24) is 5.32 Å². The lowest BCUT2D eigenvalue weighted by Gasteiger charge is -2.35. The fraction of sp³-hybridized carbons (Fsp3) is 0.611. The molecule has 2 rings (SSSR count). The van der Waals surface area contributed by atoms with Gasteiger partial charge in [0.05, 0.1) is 0 Å². The summed E-state index contributed by atoms with van der Waals surface area (Å²) in [7, 11) is 0. The second kappa shape index (κ2) is 8.30. The van der Waals surface area contributed by atoms with Crippen molar-refractivity contribution in [2.24, 2.45) is 11.1 Å². The van der Waals surface area contributed by atoms with Crippen LogP contribution in [-0.4, -0.2) is 19.0 Å². The Morgan fingerprint density at radius 1 is 1.27 bits per heavy atom. The molecule has 1 aliphatic rings. The van der Waals surface area contributed by atoms with Crippen molar-refractivity contribution in [2.75, 3.05) is 18.4 Å². The molecule has 0 heterocycles. The van der Waals surface area contributed by atoms with Crippen molar-refractivity contribution >= 4 is 11.6 Å². The topological polar surface area (TPSA) is 67.1 Å². The van der Waals surface area contributed by atoms with Crippen LogP contribution in [0.1, 0.15) is 51.0 Å². The third kappa shape index (κ3) is 4.82. The number of carbonyl (C=O) groups excluding carboxylic acids is 1. The van der Waals surface area contributed by atoms with Crippen molar-refractivity contribution in [2.45, 2.75) is 52.0 Å².